The maximum atomic E-state index is 10.9. The van der Waals surface area contributed by atoms with Crippen molar-refractivity contribution in [3.05, 3.63) is 0 Å². The first-order valence-corrected chi connectivity index (χ1v) is 8.44. The molecule has 0 aromatic carbocycles. The van der Waals surface area contributed by atoms with E-state index >= 15 is 0 Å². The molecule has 0 N–H and O–H groups in total. The summed E-state index contributed by atoms with van der Waals surface area (Å²) in [6.45, 7) is 2.47. The van der Waals surface area contributed by atoms with E-state index < -0.39 is 5.97 Å². The average molecular weight is 343 g/mol. The van der Waals surface area contributed by atoms with Gasteiger partial charge in [-0.05, 0) is 6.42 Å². The molecule has 0 aromatic heterocycles. The summed E-state index contributed by atoms with van der Waals surface area (Å²) in [5, 5.41) is 0. The van der Waals surface area contributed by atoms with Gasteiger partial charge >= 0.3 is 12.4 Å². The van der Waals surface area contributed by atoms with Crippen molar-refractivity contribution in [2.45, 2.75) is 96.8 Å². The van der Waals surface area contributed by atoms with Crippen LogP contribution in [-0.2, 0) is 31.1 Å². The molecule has 0 atom stereocenters. The van der Waals surface area contributed by atoms with Crippen molar-refractivity contribution in [3.63, 3.8) is 0 Å². The Bertz CT molecular complexity index is 232. The Balaban J connectivity index is 0. The minimum absolute atomic E-state index is 0. The van der Waals surface area contributed by atoms with Crippen molar-refractivity contribution in [1.82, 2.24) is 0 Å². The van der Waals surface area contributed by atoms with Crippen LogP contribution in [-0.4, -0.2) is 12.4 Å². The first kappa shape index (κ1) is 22.9. The predicted octanol–water partition coefficient (Wildman–Crippen LogP) is 5.16. The second-order valence-electron chi connectivity index (χ2n) is 5.58. The zero-order valence-electron chi connectivity index (χ0n) is 13.5. The first-order valence-electron chi connectivity index (χ1n) is 8.44. The van der Waals surface area contributed by atoms with Gasteiger partial charge < -0.3 is 4.74 Å². The summed E-state index contributed by atoms with van der Waals surface area (Å²) in [4.78, 5) is 20.8. The minimum Gasteiger partial charge on any atom is -0.395 e. The van der Waals surface area contributed by atoms with E-state index in [9.17, 15) is 9.59 Å². The fraction of sp³-hybridized carbons (Fsp3) is 0.882. The van der Waals surface area contributed by atoms with E-state index in [1.54, 1.807) is 0 Å². The van der Waals surface area contributed by atoms with Crippen LogP contribution in [0.5, 0.6) is 0 Å². The number of hydrogen-bond acceptors (Lipinski definition) is 3. The monoisotopic (exact) mass is 343 g/mol. The number of ether oxygens (including phenoxy) is 1. The predicted molar refractivity (Wildman–Crippen MR) is 82.5 cm³/mol. The average Bonchev–Trinajstić information content (AvgIpc) is 2.44. The molecular weight excluding hydrogens is 311 g/mol. The molecule has 0 spiro atoms. The van der Waals surface area contributed by atoms with Crippen molar-refractivity contribution >= 4 is 12.4 Å². The molecule has 127 valence electrons. The van der Waals surface area contributed by atoms with Crippen molar-refractivity contribution in [3.8, 4) is 0 Å². The van der Waals surface area contributed by atoms with Crippen LogP contribution >= 0.6 is 0 Å². The molecule has 3 nitrogen and oxygen atoms in total. The molecule has 0 unspecified atom stereocenters. The SMILES string of the molecule is CCCCCCCCCCCCCCCC(=O)OC=O.[Co]. The zero-order valence-corrected chi connectivity index (χ0v) is 14.6. The Hall–Kier alpha value is -0.354. The second kappa shape index (κ2) is 19.6. The van der Waals surface area contributed by atoms with E-state index in [0.717, 1.165) is 12.8 Å². The smallest absolute Gasteiger partial charge is 0.313 e. The molecule has 1 radical (unpaired) electrons. The summed E-state index contributed by atoms with van der Waals surface area (Å²) in [6, 6.07) is 0. The summed E-state index contributed by atoms with van der Waals surface area (Å²) < 4.78 is 4.23. The van der Waals surface area contributed by atoms with E-state index in [-0.39, 0.29) is 23.3 Å². The van der Waals surface area contributed by atoms with Gasteiger partial charge in [0, 0.05) is 23.2 Å². The largest absolute Gasteiger partial charge is 0.395 e. The molecule has 0 amide bonds. The number of carbonyl (C=O) groups is 2. The van der Waals surface area contributed by atoms with Gasteiger partial charge in [0.15, 0.2) is 0 Å². The van der Waals surface area contributed by atoms with E-state index in [2.05, 4.69) is 11.7 Å². The van der Waals surface area contributed by atoms with Crippen LogP contribution in [0.25, 0.3) is 0 Å². The molecule has 0 saturated heterocycles. The van der Waals surface area contributed by atoms with Gasteiger partial charge in [-0.1, -0.05) is 84.0 Å². The number of carbonyl (C=O) groups excluding carboxylic acids is 2. The standard InChI is InChI=1S/C17H32O3.Co/c1-2-3-4-5-6-7-8-9-10-11-12-13-14-15-17(19)20-16-18;/h16H,2-15H2,1H3;. The number of esters is 1. The van der Waals surface area contributed by atoms with E-state index in [0.29, 0.717) is 6.42 Å². The Morgan fingerprint density at radius 2 is 1.14 bits per heavy atom. The molecule has 0 aliphatic rings. The fourth-order valence-electron chi connectivity index (χ4n) is 2.40. The molecule has 0 aromatic rings. The van der Waals surface area contributed by atoms with Gasteiger partial charge in [-0.3, -0.25) is 9.59 Å². The van der Waals surface area contributed by atoms with Crippen LogP contribution in [0.15, 0.2) is 0 Å². The van der Waals surface area contributed by atoms with Crippen molar-refractivity contribution < 1.29 is 31.1 Å². The van der Waals surface area contributed by atoms with Crippen LogP contribution in [0.3, 0.4) is 0 Å². The maximum Gasteiger partial charge on any atom is 0.313 e. The molecule has 0 aliphatic heterocycles. The van der Waals surface area contributed by atoms with Gasteiger partial charge in [-0.2, -0.15) is 0 Å². The van der Waals surface area contributed by atoms with Crippen LogP contribution in [0.1, 0.15) is 96.8 Å². The van der Waals surface area contributed by atoms with Crippen LogP contribution < -0.4 is 0 Å². The number of rotatable bonds is 15. The first-order chi connectivity index (χ1) is 9.81. The quantitative estimate of drug-likeness (QED) is 0.178. The Morgan fingerprint density at radius 3 is 1.52 bits per heavy atom. The molecule has 0 rings (SSSR count). The Labute approximate surface area is 140 Å². The molecule has 0 heterocycles. The molecule has 21 heavy (non-hydrogen) atoms. The molecular formula is C17H32CoO3. The van der Waals surface area contributed by atoms with Gasteiger partial charge in [-0.15, -0.1) is 0 Å². The van der Waals surface area contributed by atoms with Gasteiger partial charge in [-0.25, -0.2) is 0 Å². The van der Waals surface area contributed by atoms with Crippen LogP contribution in [0.2, 0.25) is 0 Å². The maximum absolute atomic E-state index is 10.9. The molecule has 0 bridgehead atoms. The van der Waals surface area contributed by atoms with Gasteiger partial charge in [0.1, 0.15) is 0 Å². The van der Waals surface area contributed by atoms with Crippen LogP contribution in [0.4, 0.5) is 0 Å². The summed E-state index contributed by atoms with van der Waals surface area (Å²) in [5.41, 5.74) is 0. The van der Waals surface area contributed by atoms with Crippen molar-refractivity contribution in [2.24, 2.45) is 0 Å². The summed E-state index contributed by atoms with van der Waals surface area (Å²) >= 11 is 0. The van der Waals surface area contributed by atoms with Gasteiger partial charge in [0.2, 0.25) is 0 Å². The number of hydrogen-bond donors (Lipinski definition) is 0. The summed E-state index contributed by atoms with van der Waals surface area (Å²) in [7, 11) is 0. The van der Waals surface area contributed by atoms with Crippen molar-refractivity contribution in [1.29, 1.82) is 0 Å². The molecule has 4 heteroatoms. The van der Waals surface area contributed by atoms with E-state index in [1.165, 1.54) is 70.6 Å². The Morgan fingerprint density at radius 1 is 0.762 bits per heavy atom. The molecule has 0 aliphatic carbocycles. The van der Waals surface area contributed by atoms with Crippen LogP contribution in [0, 0.1) is 0 Å². The van der Waals surface area contributed by atoms with Gasteiger partial charge in [0.05, 0.1) is 0 Å². The summed E-state index contributed by atoms with van der Waals surface area (Å²) in [5.74, 6) is -0.400. The molecule has 0 saturated carbocycles. The van der Waals surface area contributed by atoms with Crippen molar-refractivity contribution in [2.75, 3.05) is 0 Å². The zero-order chi connectivity index (χ0) is 14.9. The third kappa shape index (κ3) is 19.6. The third-order valence-electron chi connectivity index (χ3n) is 3.66. The number of unbranched alkanes of at least 4 members (excludes halogenated alkanes) is 12. The summed E-state index contributed by atoms with van der Waals surface area (Å²) in [6.07, 6.45) is 17.1. The third-order valence-corrected chi connectivity index (χ3v) is 3.66. The molecule has 0 fully saturated rings. The topological polar surface area (TPSA) is 43.4 Å². The second-order valence-corrected chi connectivity index (χ2v) is 5.58. The van der Waals surface area contributed by atoms with E-state index in [1.807, 2.05) is 0 Å². The fourth-order valence-corrected chi connectivity index (χ4v) is 2.40. The normalized spacial score (nSPS) is 9.95. The van der Waals surface area contributed by atoms with Gasteiger partial charge in [0.25, 0.3) is 0 Å². The van der Waals surface area contributed by atoms with E-state index in [4.69, 9.17) is 0 Å². The minimum atomic E-state index is -0.400. The Kier molecular flexibility index (Phi) is 21.4.